The molecule has 0 bridgehead atoms. The summed E-state index contributed by atoms with van der Waals surface area (Å²) in [5, 5.41) is 13.4. The molecule has 0 radical (unpaired) electrons. The van der Waals surface area contributed by atoms with E-state index in [0.29, 0.717) is 21.5 Å². The van der Waals surface area contributed by atoms with Crippen LogP contribution in [-0.4, -0.2) is 31.4 Å². The monoisotopic (exact) mass is 306 g/mol. The Bertz CT molecular complexity index is 581. The summed E-state index contributed by atoms with van der Waals surface area (Å²) in [6, 6.07) is 2.12. The maximum absolute atomic E-state index is 12.1. The predicted octanol–water partition coefficient (Wildman–Crippen LogP) is 2.90. The van der Waals surface area contributed by atoms with Gasteiger partial charge in [-0.25, -0.2) is 0 Å². The number of nitrogens with two attached hydrogens (primary N) is 1. The predicted molar refractivity (Wildman–Crippen MR) is 86.5 cm³/mol. The summed E-state index contributed by atoms with van der Waals surface area (Å²) >= 11 is 1.28. The molecule has 5 nitrogen and oxygen atoms in total. The Kier molecular flexibility index (Phi) is 4.43. The quantitative estimate of drug-likeness (QED) is 0.846. The summed E-state index contributed by atoms with van der Waals surface area (Å²) in [7, 11) is 3.36. The van der Waals surface area contributed by atoms with Gasteiger partial charge in [-0.1, -0.05) is 13.3 Å². The third-order valence-electron chi connectivity index (χ3n) is 4.02. The van der Waals surface area contributed by atoms with Crippen molar-refractivity contribution in [2.45, 2.75) is 32.6 Å². The van der Waals surface area contributed by atoms with Gasteiger partial charge >= 0.3 is 0 Å². The highest BCUT2D eigenvalue weighted by Crippen LogP contribution is 2.50. The zero-order valence-corrected chi connectivity index (χ0v) is 13.6. The van der Waals surface area contributed by atoms with E-state index in [9.17, 15) is 10.1 Å². The van der Waals surface area contributed by atoms with E-state index in [1.807, 2.05) is 0 Å². The van der Waals surface area contributed by atoms with Crippen molar-refractivity contribution in [3.05, 3.63) is 10.4 Å². The first-order chi connectivity index (χ1) is 9.94. The molecule has 0 saturated heterocycles. The van der Waals surface area contributed by atoms with Crippen molar-refractivity contribution in [1.82, 2.24) is 4.90 Å². The van der Waals surface area contributed by atoms with Crippen LogP contribution in [0.15, 0.2) is 0 Å². The number of nitriles is 1. The molecular formula is C15H22N4OS. The first-order valence-corrected chi connectivity index (χ1v) is 8.03. The van der Waals surface area contributed by atoms with Gasteiger partial charge in [-0.05, 0) is 24.7 Å². The molecule has 1 aliphatic carbocycles. The van der Waals surface area contributed by atoms with Gasteiger partial charge in [-0.3, -0.25) is 4.79 Å². The van der Waals surface area contributed by atoms with Crippen LogP contribution in [0.25, 0.3) is 0 Å². The highest BCUT2D eigenvalue weighted by Gasteiger charge is 2.41. The molecule has 1 amide bonds. The van der Waals surface area contributed by atoms with E-state index in [1.165, 1.54) is 41.9 Å². The topological polar surface area (TPSA) is 82.2 Å². The number of thiophene rings is 1. The van der Waals surface area contributed by atoms with Crippen molar-refractivity contribution in [2.24, 2.45) is 5.41 Å². The van der Waals surface area contributed by atoms with Crippen LogP contribution in [0.1, 0.15) is 47.8 Å². The van der Waals surface area contributed by atoms with E-state index < -0.39 is 0 Å². The lowest BCUT2D eigenvalue weighted by Crippen LogP contribution is -2.21. The van der Waals surface area contributed by atoms with Crippen LogP contribution in [0.3, 0.4) is 0 Å². The van der Waals surface area contributed by atoms with Crippen molar-refractivity contribution >= 4 is 27.9 Å². The van der Waals surface area contributed by atoms with Crippen molar-refractivity contribution in [2.75, 3.05) is 31.7 Å². The van der Waals surface area contributed by atoms with Crippen molar-refractivity contribution in [3.63, 3.8) is 0 Å². The number of nitrogen functional groups attached to an aromatic ring is 1. The number of hydrogen-bond acceptors (Lipinski definition) is 5. The summed E-state index contributed by atoms with van der Waals surface area (Å²) in [6.45, 7) is 3.04. The number of amides is 1. The van der Waals surface area contributed by atoms with Gasteiger partial charge in [0.2, 0.25) is 0 Å². The zero-order chi connectivity index (χ0) is 15.6. The van der Waals surface area contributed by atoms with E-state index in [-0.39, 0.29) is 5.91 Å². The molecule has 0 aliphatic heterocycles. The van der Waals surface area contributed by atoms with Crippen molar-refractivity contribution in [1.29, 1.82) is 5.26 Å². The smallest absolute Gasteiger partial charge is 0.265 e. The third kappa shape index (κ3) is 3.13. The largest absolute Gasteiger partial charge is 0.396 e. The summed E-state index contributed by atoms with van der Waals surface area (Å²) in [5.41, 5.74) is 7.04. The van der Waals surface area contributed by atoms with Gasteiger partial charge in [0.1, 0.15) is 21.5 Å². The Morgan fingerprint density at radius 1 is 1.52 bits per heavy atom. The average Bonchev–Trinajstić information content (AvgIpc) is 3.13. The average molecular weight is 306 g/mol. The Hall–Kier alpha value is -1.74. The number of hydrogen-bond donors (Lipinski definition) is 2. The molecule has 21 heavy (non-hydrogen) atoms. The molecule has 0 aromatic carbocycles. The Labute approximate surface area is 129 Å². The van der Waals surface area contributed by atoms with Crippen molar-refractivity contribution < 1.29 is 4.79 Å². The van der Waals surface area contributed by atoms with Gasteiger partial charge in [0, 0.05) is 20.6 Å². The van der Waals surface area contributed by atoms with Crippen LogP contribution in [0.2, 0.25) is 0 Å². The fourth-order valence-electron chi connectivity index (χ4n) is 2.53. The number of nitrogens with one attached hydrogen (secondary N) is 1. The van der Waals surface area contributed by atoms with Gasteiger partial charge in [0.15, 0.2) is 0 Å². The molecule has 0 spiro atoms. The molecule has 1 aromatic heterocycles. The number of anilines is 2. The van der Waals surface area contributed by atoms with Crippen molar-refractivity contribution in [3.8, 4) is 6.07 Å². The molecule has 114 valence electrons. The molecule has 1 heterocycles. The molecule has 0 unspecified atom stereocenters. The van der Waals surface area contributed by atoms with Gasteiger partial charge in [0.25, 0.3) is 5.91 Å². The summed E-state index contributed by atoms with van der Waals surface area (Å²) in [5.74, 6) is -0.156. The SMILES string of the molecule is CCCC1(CNc2sc(C(=O)N(C)C)c(N)c2C#N)CC1. The Balaban J connectivity index is 2.18. The van der Waals surface area contributed by atoms with E-state index in [4.69, 9.17) is 5.73 Å². The van der Waals surface area contributed by atoms with Crippen LogP contribution in [-0.2, 0) is 0 Å². The third-order valence-corrected chi connectivity index (χ3v) is 5.17. The molecule has 1 saturated carbocycles. The number of rotatable bonds is 6. The standard InChI is InChI=1S/C15H22N4OS/c1-4-5-15(6-7-15)9-18-13-10(8-16)11(17)12(21-13)14(20)19(2)3/h18H,4-7,9,17H2,1-3H3. The highest BCUT2D eigenvalue weighted by atomic mass is 32.1. The summed E-state index contributed by atoms with van der Waals surface area (Å²) in [4.78, 5) is 14.0. The number of carbonyl (C=O) groups is 1. The molecule has 6 heteroatoms. The number of carbonyl (C=O) groups excluding carboxylic acids is 1. The van der Waals surface area contributed by atoms with Gasteiger partial charge in [-0.2, -0.15) is 5.26 Å². The lowest BCUT2D eigenvalue weighted by molar-refractivity contribution is 0.0833. The maximum atomic E-state index is 12.1. The lowest BCUT2D eigenvalue weighted by atomic mass is 10.0. The van der Waals surface area contributed by atoms with Gasteiger partial charge in [-0.15, -0.1) is 11.3 Å². The van der Waals surface area contributed by atoms with Gasteiger partial charge < -0.3 is 16.0 Å². The molecule has 1 aliphatic rings. The van der Waals surface area contributed by atoms with E-state index >= 15 is 0 Å². The summed E-state index contributed by atoms with van der Waals surface area (Å²) < 4.78 is 0. The normalized spacial score (nSPS) is 15.3. The van der Waals surface area contributed by atoms with E-state index in [2.05, 4.69) is 18.3 Å². The van der Waals surface area contributed by atoms with Crippen LogP contribution in [0, 0.1) is 16.7 Å². The highest BCUT2D eigenvalue weighted by molar-refractivity contribution is 7.18. The minimum atomic E-state index is -0.156. The van der Waals surface area contributed by atoms with Crippen LogP contribution in [0.5, 0.6) is 0 Å². The zero-order valence-electron chi connectivity index (χ0n) is 12.8. The summed E-state index contributed by atoms with van der Waals surface area (Å²) in [6.07, 6.45) is 4.84. The van der Waals surface area contributed by atoms with E-state index in [1.54, 1.807) is 14.1 Å². The minimum Gasteiger partial charge on any atom is -0.396 e. The molecule has 1 aromatic rings. The molecule has 2 rings (SSSR count). The second kappa shape index (κ2) is 5.94. The first kappa shape index (κ1) is 15.6. The van der Waals surface area contributed by atoms with Crippen LogP contribution >= 0.6 is 11.3 Å². The lowest BCUT2D eigenvalue weighted by Gasteiger charge is -2.14. The molecule has 0 atom stereocenters. The van der Waals surface area contributed by atoms with E-state index in [0.717, 1.165) is 11.5 Å². The van der Waals surface area contributed by atoms with Crippen LogP contribution in [0.4, 0.5) is 10.7 Å². The number of nitrogens with zero attached hydrogens (tertiary/aromatic N) is 2. The molecular weight excluding hydrogens is 284 g/mol. The first-order valence-electron chi connectivity index (χ1n) is 7.22. The Morgan fingerprint density at radius 3 is 2.67 bits per heavy atom. The fraction of sp³-hybridized carbons (Fsp3) is 0.600. The van der Waals surface area contributed by atoms with Gasteiger partial charge in [0.05, 0.1) is 5.69 Å². The molecule has 3 N–H and O–H groups in total. The minimum absolute atomic E-state index is 0.156. The second-order valence-electron chi connectivity index (χ2n) is 5.96. The maximum Gasteiger partial charge on any atom is 0.265 e. The van der Waals surface area contributed by atoms with Crippen LogP contribution < -0.4 is 11.1 Å². The fourth-order valence-corrected chi connectivity index (χ4v) is 3.62. The second-order valence-corrected chi connectivity index (χ2v) is 6.98. The molecule has 1 fully saturated rings. The Morgan fingerprint density at radius 2 is 2.19 bits per heavy atom.